The van der Waals surface area contributed by atoms with Crippen molar-refractivity contribution in [2.75, 3.05) is 0 Å². The lowest BCUT2D eigenvalue weighted by Crippen LogP contribution is -2.14. The van der Waals surface area contributed by atoms with E-state index in [1.165, 1.54) is 6.07 Å². The first-order valence-corrected chi connectivity index (χ1v) is 7.25. The lowest BCUT2D eigenvalue weighted by Gasteiger charge is -2.08. The molecule has 0 unspecified atom stereocenters. The average Bonchev–Trinajstić information content (AvgIpc) is 2.31. The molecule has 0 aromatic heterocycles. The highest BCUT2D eigenvalue weighted by molar-refractivity contribution is 7.89. The van der Waals surface area contributed by atoms with Crippen LogP contribution in [0.4, 0.5) is 0 Å². The van der Waals surface area contributed by atoms with Crippen LogP contribution in [0, 0.1) is 0 Å². The van der Waals surface area contributed by atoms with Gasteiger partial charge in [0.15, 0.2) is 0 Å². The highest BCUT2D eigenvalue weighted by atomic mass is 35.5. The van der Waals surface area contributed by atoms with Crippen LogP contribution in [0.5, 0.6) is 0 Å². The van der Waals surface area contributed by atoms with Gasteiger partial charge in [-0.25, -0.2) is 13.6 Å². The first-order chi connectivity index (χ1) is 8.48. The van der Waals surface area contributed by atoms with Crippen LogP contribution in [-0.4, -0.2) is 8.42 Å². The Labute approximate surface area is 111 Å². The quantitative estimate of drug-likeness (QED) is 0.940. The van der Waals surface area contributed by atoms with E-state index in [0.29, 0.717) is 17.0 Å². The molecule has 0 aliphatic carbocycles. The van der Waals surface area contributed by atoms with Crippen LogP contribution in [0.15, 0.2) is 53.4 Å². The highest BCUT2D eigenvalue weighted by Crippen LogP contribution is 2.22. The molecule has 0 aliphatic heterocycles. The second kappa shape index (κ2) is 5.10. The Morgan fingerprint density at radius 2 is 1.50 bits per heavy atom. The molecule has 2 aromatic rings. The molecule has 0 atom stereocenters. The van der Waals surface area contributed by atoms with Gasteiger partial charge in [-0.1, -0.05) is 48.0 Å². The molecule has 0 bridgehead atoms. The number of rotatable bonds is 3. The van der Waals surface area contributed by atoms with Gasteiger partial charge < -0.3 is 0 Å². The Kier molecular flexibility index (Phi) is 3.71. The van der Waals surface area contributed by atoms with Crippen LogP contribution in [0.3, 0.4) is 0 Å². The summed E-state index contributed by atoms with van der Waals surface area (Å²) in [7, 11) is -3.71. The summed E-state index contributed by atoms with van der Waals surface area (Å²) in [5.41, 5.74) is 1.52. The summed E-state index contributed by atoms with van der Waals surface area (Å²) in [6.07, 6.45) is 0.437. The zero-order valence-corrected chi connectivity index (χ0v) is 11.1. The lowest BCUT2D eigenvalue weighted by atomic mass is 10.1. The van der Waals surface area contributed by atoms with Gasteiger partial charge in [0.05, 0.1) is 4.90 Å². The van der Waals surface area contributed by atoms with Crippen LogP contribution < -0.4 is 5.14 Å². The van der Waals surface area contributed by atoms with Gasteiger partial charge in [-0.3, -0.25) is 0 Å². The van der Waals surface area contributed by atoms with E-state index in [2.05, 4.69) is 0 Å². The van der Waals surface area contributed by atoms with Crippen molar-refractivity contribution < 1.29 is 8.42 Å². The van der Waals surface area contributed by atoms with E-state index in [4.69, 9.17) is 16.7 Å². The van der Waals surface area contributed by atoms with Crippen molar-refractivity contribution in [2.24, 2.45) is 5.14 Å². The Morgan fingerprint density at radius 1 is 0.944 bits per heavy atom. The Balaban J connectivity index is 2.45. The van der Waals surface area contributed by atoms with Gasteiger partial charge >= 0.3 is 0 Å². The second-order valence-corrected chi connectivity index (χ2v) is 5.86. The minimum atomic E-state index is -3.71. The van der Waals surface area contributed by atoms with Gasteiger partial charge in [0.2, 0.25) is 10.0 Å². The molecule has 0 saturated carbocycles. The van der Waals surface area contributed by atoms with Gasteiger partial charge in [0.25, 0.3) is 0 Å². The van der Waals surface area contributed by atoms with Crippen molar-refractivity contribution in [3.63, 3.8) is 0 Å². The van der Waals surface area contributed by atoms with E-state index in [1.807, 2.05) is 18.2 Å². The zero-order chi connectivity index (χ0) is 13.2. The number of hydrogen-bond donors (Lipinski definition) is 1. The smallest absolute Gasteiger partial charge is 0.225 e. The maximum atomic E-state index is 11.5. The molecule has 0 spiro atoms. The second-order valence-electron chi connectivity index (χ2n) is 3.92. The van der Waals surface area contributed by atoms with Crippen molar-refractivity contribution in [3.05, 3.63) is 64.7 Å². The van der Waals surface area contributed by atoms with E-state index in [0.717, 1.165) is 5.56 Å². The van der Waals surface area contributed by atoms with Gasteiger partial charge in [0.1, 0.15) is 0 Å². The molecule has 3 nitrogen and oxygen atoms in total. The molecular weight excluding hydrogens is 270 g/mol. The van der Waals surface area contributed by atoms with Crippen molar-refractivity contribution in [1.29, 1.82) is 0 Å². The fraction of sp³-hybridized carbons (Fsp3) is 0.0769. The molecule has 0 saturated heterocycles. The third-order valence-electron chi connectivity index (χ3n) is 2.62. The maximum absolute atomic E-state index is 11.5. The summed E-state index contributed by atoms with van der Waals surface area (Å²) in [6.45, 7) is 0. The molecule has 18 heavy (non-hydrogen) atoms. The molecule has 2 N–H and O–H groups in total. The van der Waals surface area contributed by atoms with Gasteiger partial charge in [-0.05, 0) is 23.3 Å². The van der Waals surface area contributed by atoms with Crippen LogP contribution in [0.25, 0.3) is 0 Å². The largest absolute Gasteiger partial charge is 0.238 e. The monoisotopic (exact) mass is 281 g/mol. The summed E-state index contributed by atoms with van der Waals surface area (Å²) >= 11 is 6.06. The summed E-state index contributed by atoms with van der Waals surface area (Å²) in [4.78, 5) is 0.143. The summed E-state index contributed by atoms with van der Waals surface area (Å²) in [5, 5.41) is 5.80. The average molecular weight is 282 g/mol. The summed E-state index contributed by atoms with van der Waals surface area (Å²) in [5.74, 6) is 0. The Morgan fingerprint density at radius 3 is 2.11 bits per heavy atom. The molecule has 0 heterocycles. The molecule has 0 amide bonds. The van der Waals surface area contributed by atoms with Crippen LogP contribution >= 0.6 is 11.6 Å². The minimum Gasteiger partial charge on any atom is -0.225 e. The first kappa shape index (κ1) is 13.1. The predicted molar refractivity (Wildman–Crippen MR) is 72.1 cm³/mol. The van der Waals surface area contributed by atoms with Gasteiger partial charge in [0, 0.05) is 11.4 Å². The predicted octanol–water partition coefficient (Wildman–Crippen LogP) is 2.58. The summed E-state index contributed by atoms with van der Waals surface area (Å²) in [6, 6.07) is 14.0. The van der Waals surface area contributed by atoms with Crippen molar-refractivity contribution in [1.82, 2.24) is 0 Å². The molecule has 0 fully saturated rings. The zero-order valence-electron chi connectivity index (χ0n) is 9.51. The van der Waals surface area contributed by atoms with Crippen LogP contribution in [-0.2, 0) is 16.4 Å². The third-order valence-corrected chi connectivity index (χ3v) is 4.00. The normalized spacial score (nSPS) is 11.4. The maximum Gasteiger partial charge on any atom is 0.238 e. The number of primary sulfonamides is 1. The minimum absolute atomic E-state index is 0.143. The van der Waals surface area contributed by atoms with Gasteiger partial charge in [-0.15, -0.1) is 0 Å². The first-order valence-electron chi connectivity index (χ1n) is 5.32. The number of hydrogen-bond acceptors (Lipinski definition) is 2. The van der Waals surface area contributed by atoms with Crippen LogP contribution in [0.2, 0.25) is 5.02 Å². The van der Waals surface area contributed by atoms with E-state index in [1.54, 1.807) is 24.3 Å². The summed E-state index contributed by atoms with van der Waals surface area (Å²) < 4.78 is 22.9. The molecule has 2 rings (SSSR count). The Hall–Kier alpha value is -1.36. The standard InChI is InChI=1S/C13H12ClNO2S/c14-12-7-3-1-5-10(12)9-11-6-2-4-8-13(11)18(15,16)17/h1-8H,9H2,(H2,15,16,17). The number of sulfonamides is 1. The molecule has 2 aromatic carbocycles. The van der Waals surface area contributed by atoms with E-state index >= 15 is 0 Å². The van der Waals surface area contributed by atoms with E-state index in [9.17, 15) is 8.42 Å². The topological polar surface area (TPSA) is 60.2 Å². The molecule has 5 heteroatoms. The number of benzene rings is 2. The SMILES string of the molecule is NS(=O)(=O)c1ccccc1Cc1ccccc1Cl. The fourth-order valence-corrected chi connectivity index (χ4v) is 2.75. The van der Waals surface area contributed by atoms with Crippen molar-refractivity contribution in [3.8, 4) is 0 Å². The Bertz CT molecular complexity index is 668. The third kappa shape index (κ3) is 2.90. The van der Waals surface area contributed by atoms with Crippen molar-refractivity contribution in [2.45, 2.75) is 11.3 Å². The molecule has 94 valence electrons. The molecular formula is C13H12ClNO2S. The van der Waals surface area contributed by atoms with Crippen molar-refractivity contribution >= 4 is 21.6 Å². The lowest BCUT2D eigenvalue weighted by molar-refractivity contribution is 0.597. The van der Waals surface area contributed by atoms with E-state index in [-0.39, 0.29) is 4.90 Å². The highest BCUT2D eigenvalue weighted by Gasteiger charge is 2.13. The molecule has 0 aliphatic rings. The molecule has 0 radical (unpaired) electrons. The fourth-order valence-electron chi connectivity index (χ4n) is 1.77. The number of nitrogens with two attached hydrogens (primary N) is 1. The van der Waals surface area contributed by atoms with Crippen LogP contribution in [0.1, 0.15) is 11.1 Å². The van der Waals surface area contributed by atoms with Gasteiger partial charge in [-0.2, -0.15) is 0 Å². The number of halogens is 1. The van der Waals surface area contributed by atoms with E-state index < -0.39 is 10.0 Å².